The van der Waals surface area contributed by atoms with Gasteiger partial charge in [0, 0.05) is 25.1 Å². The van der Waals surface area contributed by atoms with Crippen LogP contribution in [0.3, 0.4) is 0 Å². The molecule has 0 atom stereocenters. The molecule has 7 nitrogen and oxygen atoms in total. The van der Waals surface area contributed by atoms with E-state index in [4.69, 9.17) is 4.42 Å². The summed E-state index contributed by atoms with van der Waals surface area (Å²) in [5.74, 6) is 1.91. The molecule has 9 heteroatoms. The highest BCUT2D eigenvalue weighted by atomic mass is 32.2. The smallest absolute Gasteiger partial charge is 0.230 e. The van der Waals surface area contributed by atoms with Gasteiger partial charge in [-0.25, -0.2) is 4.98 Å². The monoisotopic (exact) mass is 425 g/mol. The Hall–Kier alpha value is -2.91. The summed E-state index contributed by atoms with van der Waals surface area (Å²) < 4.78 is 7.29. The lowest BCUT2D eigenvalue weighted by Gasteiger charge is -2.18. The van der Waals surface area contributed by atoms with E-state index in [-0.39, 0.29) is 5.91 Å². The van der Waals surface area contributed by atoms with Crippen LogP contribution in [0.15, 0.2) is 57.6 Å². The Bertz CT molecular complexity index is 1130. The number of carbonyl (C=O) groups is 1. The van der Waals surface area contributed by atoms with Gasteiger partial charge in [-0.1, -0.05) is 23.9 Å². The van der Waals surface area contributed by atoms with Crippen LogP contribution in [-0.4, -0.2) is 25.7 Å². The van der Waals surface area contributed by atoms with Crippen molar-refractivity contribution < 1.29 is 9.21 Å². The Morgan fingerprint density at radius 2 is 2.14 bits per heavy atom. The predicted molar refractivity (Wildman–Crippen MR) is 114 cm³/mol. The van der Waals surface area contributed by atoms with Crippen molar-refractivity contribution in [3.05, 3.63) is 59.3 Å². The molecule has 3 aromatic heterocycles. The second kappa shape index (κ2) is 8.22. The minimum Gasteiger partial charge on any atom is -0.461 e. The number of aryl methyl sites for hydroxylation is 1. The molecule has 0 bridgehead atoms. The predicted octanol–water partition coefficient (Wildman–Crippen LogP) is 4.82. The summed E-state index contributed by atoms with van der Waals surface area (Å²) in [6.45, 7) is 3.55. The Morgan fingerprint density at radius 1 is 1.28 bits per heavy atom. The number of hydrogen-bond acceptors (Lipinski definition) is 7. The molecule has 4 rings (SSSR count). The third-order valence-corrected chi connectivity index (χ3v) is 6.16. The molecule has 1 amide bonds. The number of aromatic nitrogens is 4. The SMILES string of the molecule is CC(=O)N(c1cccc(C)c1)c1nc(CSc2nnc(-c3ccco3)n2C)cs1. The molecule has 0 saturated heterocycles. The van der Waals surface area contributed by atoms with Crippen LogP contribution < -0.4 is 4.90 Å². The van der Waals surface area contributed by atoms with Gasteiger partial charge in [-0.15, -0.1) is 21.5 Å². The van der Waals surface area contributed by atoms with Crippen molar-refractivity contribution in [2.75, 3.05) is 4.90 Å². The zero-order valence-electron chi connectivity index (χ0n) is 16.2. The Labute approximate surface area is 176 Å². The first-order valence-electron chi connectivity index (χ1n) is 8.91. The number of carbonyl (C=O) groups excluding carboxylic acids is 1. The lowest BCUT2D eigenvalue weighted by molar-refractivity contribution is -0.115. The molecule has 0 aliphatic carbocycles. The number of anilines is 2. The first-order valence-corrected chi connectivity index (χ1v) is 10.8. The van der Waals surface area contributed by atoms with Crippen molar-refractivity contribution in [3.63, 3.8) is 0 Å². The Balaban J connectivity index is 1.50. The van der Waals surface area contributed by atoms with Crippen molar-refractivity contribution in [2.24, 2.45) is 7.05 Å². The molecule has 0 N–H and O–H groups in total. The molecule has 0 radical (unpaired) electrons. The molecular formula is C20H19N5O2S2. The number of benzene rings is 1. The summed E-state index contributed by atoms with van der Waals surface area (Å²) >= 11 is 2.99. The number of hydrogen-bond donors (Lipinski definition) is 0. The summed E-state index contributed by atoms with van der Waals surface area (Å²) in [6.07, 6.45) is 1.61. The second-order valence-electron chi connectivity index (χ2n) is 6.45. The number of thiazole rings is 1. The first kappa shape index (κ1) is 19.4. The number of nitrogens with zero attached hydrogens (tertiary/aromatic N) is 5. The Morgan fingerprint density at radius 3 is 2.86 bits per heavy atom. The van der Waals surface area contributed by atoms with Crippen LogP contribution >= 0.6 is 23.1 Å². The lowest BCUT2D eigenvalue weighted by atomic mass is 10.2. The van der Waals surface area contributed by atoms with Gasteiger partial charge >= 0.3 is 0 Å². The molecule has 4 aromatic rings. The number of rotatable bonds is 6. The maximum atomic E-state index is 12.3. The molecule has 0 spiro atoms. The molecule has 0 saturated carbocycles. The molecule has 1 aromatic carbocycles. The normalized spacial score (nSPS) is 11.0. The summed E-state index contributed by atoms with van der Waals surface area (Å²) in [5.41, 5.74) is 2.80. The van der Waals surface area contributed by atoms with E-state index in [1.165, 1.54) is 23.1 Å². The Kier molecular flexibility index (Phi) is 5.50. The van der Waals surface area contributed by atoms with Gasteiger partial charge in [-0.05, 0) is 36.8 Å². The summed E-state index contributed by atoms with van der Waals surface area (Å²) in [7, 11) is 1.90. The summed E-state index contributed by atoms with van der Waals surface area (Å²) in [4.78, 5) is 18.6. The van der Waals surface area contributed by atoms with E-state index in [1.807, 2.05) is 60.3 Å². The largest absolute Gasteiger partial charge is 0.461 e. The first-order chi connectivity index (χ1) is 14.0. The minimum atomic E-state index is -0.0689. The van der Waals surface area contributed by atoms with Crippen LogP contribution in [0.25, 0.3) is 11.6 Å². The van der Waals surface area contributed by atoms with E-state index in [0.29, 0.717) is 22.5 Å². The fourth-order valence-corrected chi connectivity index (χ4v) is 4.65. The quantitative estimate of drug-likeness (QED) is 0.412. The second-order valence-corrected chi connectivity index (χ2v) is 8.23. The number of amides is 1. The topological polar surface area (TPSA) is 77.1 Å². The van der Waals surface area contributed by atoms with Crippen molar-refractivity contribution in [2.45, 2.75) is 24.8 Å². The van der Waals surface area contributed by atoms with Gasteiger partial charge in [0.15, 0.2) is 21.9 Å². The van der Waals surface area contributed by atoms with E-state index in [0.717, 1.165) is 22.1 Å². The van der Waals surface area contributed by atoms with Gasteiger partial charge in [0.25, 0.3) is 0 Å². The van der Waals surface area contributed by atoms with Crippen molar-refractivity contribution in [1.29, 1.82) is 0 Å². The number of furan rings is 1. The lowest BCUT2D eigenvalue weighted by Crippen LogP contribution is -2.22. The zero-order valence-corrected chi connectivity index (χ0v) is 17.8. The highest BCUT2D eigenvalue weighted by Gasteiger charge is 2.19. The standard InChI is InChI=1S/C20H19N5O2S2/c1-13-6-4-7-16(10-13)25(14(2)26)19-21-15(11-28-19)12-29-20-23-22-18(24(20)3)17-8-5-9-27-17/h4-11H,12H2,1-3H3. The van der Waals surface area contributed by atoms with Gasteiger partial charge < -0.3 is 8.98 Å². The maximum Gasteiger partial charge on any atom is 0.230 e. The van der Waals surface area contributed by atoms with Gasteiger partial charge in [-0.2, -0.15) is 0 Å². The van der Waals surface area contributed by atoms with Gasteiger partial charge in [0.1, 0.15) is 0 Å². The molecule has 0 aliphatic rings. The average Bonchev–Trinajstić information content (AvgIpc) is 3.42. The van der Waals surface area contributed by atoms with Crippen LogP contribution in [0.1, 0.15) is 18.2 Å². The molecule has 0 aliphatic heterocycles. The van der Waals surface area contributed by atoms with Crippen molar-refractivity contribution in [1.82, 2.24) is 19.7 Å². The minimum absolute atomic E-state index is 0.0689. The van der Waals surface area contributed by atoms with Gasteiger partial charge in [0.05, 0.1) is 17.6 Å². The molecule has 148 valence electrons. The van der Waals surface area contributed by atoms with E-state index >= 15 is 0 Å². The summed E-state index contributed by atoms with van der Waals surface area (Å²) in [6, 6.07) is 11.5. The maximum absolute atomic E-state index is 12.3. The molecule has 0 fully saturated rings. The highest BCUT2D eigenvalue weighted by Crippen LogP contribution is 2.32. The molecular weight excluding hydrogens is 406 g/mol. The molecule has 3 heterocycles. The van der Waals surface area contributed by atoms with Crippen LogP contribution in [0.2, 0.25) is 0 Å². The van der Waals surface area contributed by atoms with E-state index in [1.54, 1.807) is 18.1 Å². The van der Waals surface area contributed by atoms with E-state index in [2.05, 4.69) is 15.2 Å². The van der Waals surface area contributed by atoms with Crippen LogP contribution in [0.4, 0.5) is 10.8 Å². The van der Waals surface area contributed by atoms with E-state index in [9.17, 15) is 4.79 Å². The van der Waals surface area contributed by atoms with Gasteiger partial charge in [0.2, 0.25) is 5.91 Å². The van der Waals surface area contributed by atoms with Crippen LogP contribution in [0, 0.1) is 6.92 Å². The number of thioether (sulfide) groups is 1. The van der Waals surface area contributed by atoms with Crippen LogP contribution in [0.5, 0.6) is 0 Å². The van der Waals surface area contributed by atoms with E-state index < -0.39 is 0 Å². The highest BCUT2D eigenvalue weighted by molar-refractivity contribution is 7.98. The third kappa shape index (κ3) is 4.10. The molecule has 29 heavy (non-hydrogen) atoms. The zero-order chi connectivity index (χ0) is 20.4. The molecule has 0 unspecified atom stereocenters. The van der Waals surface area contributed by atoms with Crippen LogP contribution in [-0.2, 0) is 17.6 Å². The third-order valence-electron chi connectivity index (χ3n) is 4.23. The average molecular weight is 426 g/mol. The van der Waals surface area contributed by atoms with Gasteiger partial charge in [-0.3, -0.25) is 9.69 Å². The fraction of sp³-hybridized carbons (Fsp3) is 0.200. The fourth-order valence-electron chi connectivity index (χ4n) is 2.86. The van der Waals surface area contributed by atoms with Crippen molar-refractivity contribution in [3.8, 4) is 11.6 Å². The van der Waals surface area contributed by atoms with Crippen molar-refractivity contribution >= 4 is 39.8 Å². The summed E-state index contributed by atoms with van der Waals surface area (Å²) in [5, 5.41) is 11.8.